The molecule has 47 heavy (non-hydrogen) atoms. The molecule has 0 aliphatic heterocycles. The Morgan fingerprint density at radius 2 is 1.60 bits per heavy atom. The lowest BCUT2D eigenvalue weighted by Gasteiger charge is -2.33. The predicted molar refractivity (Wildman–Crippen MR) is 178 cm³/mol. The Bertz CT molecular complexity index is 1440. The molecule has 0 atom stereocenters. The van der Waals surface area contributed by atoms with E-state index in [1.165, 1.54) is 0 Å². The fourth-order valence-electron chi connectivity index (χ4n) is 6.45. The minimum atomic E-state index is -4.92. The number of carbonyl (C=O) groups is 3. The van der Waals surface area contributed by atoms with Crippen LogP contribution in [0.2, 0.25) is 10.0 Å². The normalized spacial score (nSPS) is 22.6. The monoisotopic (exact) mass is 699 g/mol. The Kier molecular flexibility index (Phi) is 13.2. The fraction of sp³-hybridized carbons (Fsp3) is 0.556. The van der Waals surface area contributed by atoms with E-state index in [1.807, 2.05) is 0 Å². The zero-order valence-electron chi connectivity index (χ0n) is 27.2. The van der Waals surface area contributed by atoms with Crippen LogP contribution in [-0.2, 0) is 9.59 Å². The van der Waals surface area contributed by atoms with Crippen LogP contribution in [0, 0.1) is 22.6 Å². The predicted octanol–water partition coefficient (Wildman–Crippen LogP) is 11.1. The van der Waals surface area contributed by atoms with Gasteiger partial charge in [-0.1, -0.05) is 62.0 Å². The molecule has 0 heterocycles. The molecule has 1 aromatic carbocycles. The van der Waals surface area contributed by atoms with Gasteiger partial charge in [0.1, 0.15) is 5.82 Å². The number of ketones is 2. The summed E-state index contributed by atoms with van der Waals surface area (Å²) in [5.74, 6) is -2.96. The summed E-state index contributed by atoms with van der Waals surface area (Å²) < 4.78 is 55.8. The maximum Gasteiger partial charge on any atom is 0.416 e. The largest absolute Gasteiger partial charge is 0.481 e. The topological polar surface area (TPSA) is 83.8 Å². The van der Waals surface area contributed by atoms with Gasteiger partial charge in [-0.2, -0.15) is 13.2 Å². The summed E-state index contributed by atoms with van der Waals surface area (Å²) in [5.41, 5.74) is -2.60. The standard InChI is InChI=1S/C36H43Cl2F4NO4/c1-22(18-24-10-16-35(4,17-11-24)33(46)47)43-21-27(23(2)36(40,41)42)32(45)25(12-15-34(3)13-6-5-7-14-34)8-9-30(44)31-28(37)19-26(39)20-29(31)38/h12,19-21,24H,2,5-11,13-18H2,1,3-4H3,(H,46,47)/b25-12-,27-21+,43-22?. The van der Waals surface area contributed by atoms with Crippen molar-refractivity contribution in [3.8, 4) is 0 Å². The van der Waals surface area contributed by atoms with Gasteiger partial charge in [-0.15, -0.1) is 0 Å². The quantitative estimate of drug-likeness (QED) is 0.0730. The summed E-state index contributed by atoms with van der Waals surface area (Å²) >= 11 is 12.2. The molecule has 0 unspecified atom stereocenters. The number of hydrogen-bond donors (Lipinski definition) is 1. The molecule has 11 heteroatoms. The van der Waals surface area contributed by atoms with E-state index in [4.69, 9.17) is 23.2 Å². The number of rotatable bonds is 13. The Morgan fingerprint density at radius 3 is 2.13 bits per heavy atom. The number of Topliss-reactive ketones (excluding diaryl/α,β-unsaturated/α-hetero) is 2. The number of aliphatic imine (C=N–C) groups is 1. The van der Waals surface area contributed by atoms with Crippen molar-refractivity contribution in [2.45, 2.75) is 110 Å². The average molecular weight is 701 g/mol. The summed E-state index contributed by atoms with van der Waals surface area (Å²) in [6.45, 7) is 8.65. The maximum atomic E-state index is 14.0. The van der Waals surface area contributed by atoms with E-state index in [0.29, 0.717) is 44.2 Å². The van der Waals surface area contributed by atoms with E-state index in [2.05, 4.69) is 18.5 Å². The molecule has 0 radical (unpaired) electrons. The number of benzene rings is 1. The molecule has 3 rings (SSSR count). The van der Waals surface area contributed by atoms with Crippen LogP contribution in [0.5, 0.6) is 0 Å². The highest BCUT2D eigenvalue weighted by molar-refractivity contribution is 6.39. The van der Waals surface area contributed by atoms with Gasteiger partial charge in [-0.3, -0.25) is 19.4 Å². The highest BCUT2D eigenvalue weighted by atomic mass is 35.5. The van der Waals surface area contributed by atoms with Crippen LogP contribution in [0.4, 0.5) is 17.6 Å². The zero-order chi connectivity index (χ0) is 35.2. The molecule has 0 bridgehead atoms. The van der Waals surface area contributed by atoms with Crippen molar-refractivity contribution in [1.82, 2.24) is 0 Å². The number of aliphatic carboxylic acids is 1. The van der Waals surface area contributed by atoms with Gasteiger partial charge in [0.2, 0.25) is 0 Å². The fourth-order valence-corrected chi connectivity index (χ4v) is 7.12. The molecule has 0 spiro atoms. The Balaban J connectivity index is 1.92. The molecule has 0 saturated heterocycles. The molecule has 0 aromatic heterocycles. The zero-order valence-corrected chi connectivity index (χ0v) is 28.7. The van der Waals surface area contributed by atoms with Crippen molar-refractivity contribution < 1.29 is 37.1 Å². The smallest absolute Gasteiger partial charge is 0.416 e. The Hall–Kier alpha value is -2.78. The highest BCUT2D eigenvalue weighted by Gasteiger charge is 2.39. The van der Waals surface area contributed by atoms with E-state index >= 15 is 0 Å². The van der Waals surface area contributed by atoms with Crippen molar-refractivity contribution in [1.29, 1.82) is 0 Å². The third-order valence-corrected chi connectivity index (χ3v) is 10.3. The van der Waals surface area contributed by atoms with Gasteiger partial charge < -0.3 is 5.11 Å². The molecule has 1 aromatic rings. The minimum absolute atomic E-state index is 0.0178. The molecule has 2 aliphatic rings. The number of carbonyl (C=O) groups excluding carboxylic acids is 2. The first-order chi connectivity index (χ1) is 21.8. The molecular weight excluding hydrogens is 657 g/mol. The van der Waals surface area contributed by atoms with Gasteiger partial charge in [0, 0.05) is 18.3 Å². The minimum Gasteiger partial charge on any atom is -0.481 e. The molecule has 5 nitrogen and oxygen atoms in total. The van der Waals surface area contributed by atoms with E-state index < -0.39 is 46.1 Å². The van der Waals surface area contributed by atoms with Gasteiger partial charge in [0.05, 0.1) is 32.2 Å². The van der Waals surface area contributed by atoms with Crippen molar-refractivity contribution in [3.63, 3.8) is 0 Å². The summed E-state index contributed by atoms with van der Waals surface area (Å²) in [5, 5.41) is 9.10. The summed E-state index contributed by atoms with van der Waals surface area (Å²) in [7, 11) is 0. The number of allylic oxidation sites excluding steroid dienone is 4. The molecule has 2 aliphatic carbocycles. The lowest BCUT2D eigenvalue weighted by molar-refractivity contribution is -0.150. The number of halogens is 6. The van der Waals surface area contributed by atoms with Crippen molar-refractivity contribution >= 4 is 46.4 Å². The van der Waals surface area contributed by atoms with Crippen LogP contribution in [0.25, 0.3) is 0 Å². The second-order valence-electron chi connectivity index (χ2n) is 13.7. The second kappa shape index (κ2) is 16.1. The lowest BCUT2D eigenvalue weighted by Crippen LogP contribution is -2.32. The van der Waals surface area contributed by atoms with Gasteiger partial charge in [0.25, 0.3) is 0 Å². The van der Waals surface area contributed by atoms with Crippen molar-refractivity contribution in [2.75, 3.05) is 0 Å². The van der Waals surface area contributed by atoms with E-state index in [-0.39, 0.29) is 45.4 Å². The van der Waals surface area contributed by atoms with E-state index in [0.717, 1.165) is 50.4 Å². The number of carboxylic acids is 1. The van der Waals surface area contributed by atoms with Crippen LogP contribution in [0.1, 0.15) is 115 Å². The van der Waals surface area contributed by atoms with Crippen molar-refractivity contribution in [2.24, 2.45) is 21.7 Å². The SMILES string of the molecule is C=C(/C(=C\N=C(C)CC1CCC(C)(C(=O)O)CC1)C(=O)/C(=C\CC1(C)CCCCC1)CCC(=O)c1c(Cl)cc(F)cc1Cl)C(F)(F)F. The molecule has 2 fully saturated rings. The first-order valence-electron chi connectivity index (χ1n) is 16.0. The van der Waals surface area contributed by atoms with E-state index in [1.54, 1.807) is 19.9 Å². The van der Waals surface area contributed by atoms with Crippen molar-refractivity contribution in [3.05, 3.63) is 69.1 Å². The third kappa shape index (κ3) is 10.6. The maximum absolute atomic E-state index is 14.0. The Morgan fingerprint density at radius 1 is 1.02 bits per heavy atom. The number of alkyl halides is 3. The van der Waals surface area contributed by atoms with Gasteiger partial charge >= 0.3 is 12.1 Å². The van der Waals surface area contributed by atoms with Crippen LogP contribution < -0.4 is 0 Å². The van der Waals surface area contributed by atoms with E-state index in [9.17, 15) is 37.1 Å². The number of hydrogen-bond acceptors (Lipinski definition) is 4. The number of nitrogens with zero attached hydrogens (tertiary/aromatic N) is 1. The molecule has 0 amide bonds. The summed E-state index contributed by atoms with van der Waals surface area (Å²) in [6, 6.07) is 1.89. The molecular formula is C36H43Cl2F4NO4. The third-order valence-electron chi connectivity index (χ3n) is 9.74. The molecule has 258 valence electrons. The van der Waals surface area contributed by atoms with Crippen LogP contribution in [0.15, 0.2) is 52.7 Å². The van der Waals surface area contributed by atoms with Crippen LogP contribution in [-0.4, -0.2) is 34.5 Å². The van der Waals surface area contributed by atoms with Crippen LogP contribution >= 0.6 is 23.2 Å². The van der Waals surface area contributed by atoms with Gasteiger partial charge in [-0.05, 0) is 101 Å². The first kappa shape index (κ1) is 38.7. The lowest BCUT2D eigenvalue weighted by atomic mass is 9.71. The second-order valence-corrected chi connectivity index (χ2v) is 14.5. The highest BCUT2D eigenvalue weighted by Crippen LogP contribution is 2.41. The number of carboxylic acid groups (broad SMARTS) is 1. The van der Waals surface area contributed by atoms with Gasteiger partial charge in [-0.25, -0.2) is 4.39 Å². The Labute approximate surface area is 284 Å². The van der Waals surface area contributed by atoms with Crippen LogP contribution in [0.3, 0.4) is 0 Å². The summed E-state index contributed by atoms with van der Waals surface area (Å²) in [6.07, 6.45) is 5.17. The molecule has 1 N–H and O–H groups in total. The molecule has 2 saturated carbocycles. The summed E-state index contributed by atoms with van der Waals surface area (Å²) in [4.78, 5) is 42.9. The first-order valence-corrected chi connectivity index (χ1v) is 16.8. The van der Waals surface area contributed by atoms with Gasteiger partial charge in [0.15, 0.2) is 11.6 Å². The average Bonchev–Trinajstić information content (AvgIpc) is 2.97.